The van der Waals surface area contributed by atoms with Gasteiger partial charge in [0.2, 0.25) is 5.91 Å². The largest absolute Gasteiger partial charge is 0.339 e. The number of hydrogen-bond acceptors (Lipinski definition) is 2. The molecule has 0 aliphatic heterocycles. The summed E-state index contributed by atoms with van der Waals surface area (Å²) in [5.74, 6) is 2.47. The molecule has 0 spiro atoms. The quantitative estimate of drug-likeness (QED) is 0.684. The number of carbonyl (C=O) groups is 1. The molecule has 0 unspecified atom stereocenters. The van der Waals surface area contributed by atoms with Crippen molar-refractivity contribution in [2.45, 2.75) is 52.0 Å². The van der Waals surface area contributed by atoms with Crippen LogP contribution in [0.5, 0.6) is 0 Å². The first kappa shape index (κ1) is 18.1. The summed E-state index contributed by atoms with van der Waals surface area (Å²) < 4.78 is 0. The third-order valence-corrected chi connectivity index (χ3v) is 6.31. The average Bonchev–Trinajstić information content (AvgIpc) is 3.27. The molecule has 0 saturated heterocycles. The predicted molar refractivity (Wildman–Crippen MR) is 112 cm³/mol. The lowest BCUT2D eigenvalue weighted by Gasteiger charge is -2.29. The number of carbonyl (C=O) groups excluding carboxylic acids is 1. The van der Waals surface area contributed by atoms with Gasteiger partial charge in [0.15, 0.2) is 0 Å². The van der Waals surface area contributed by atoms with Gasteiger partial charge in [0.25, 0.3) is 0 Å². The predicted octanol–water partition coefficient (Wildman–Crippen LogP) is 6.00. The van der Waals surface area contributed by atoms with E-state index in [-0.39, 0.29) is 5.91 Å². The van der Waals surface area contributed by atoms with Crippen LogP contribution >= 0.6 is 0 Å². The van der Waals surface area contributed by atoms with Gasteiger partial charge in [-0.3, -0.25) is 4.79 Å². The molecule has 1 N–H and O–H groups in total. The molecular formula is C24H30N2O. The Hall–Kier alpha value is -2.29. The van der Waals surface area contributed by atoms with Gasteiger partial charge < -0.3 is 10.2 Å². The van der Waals surface area contributed by atoms with Crippen LogP contribution in [0.15, 0.2) is 54.6 Å². The number of rotatable bonds is 6. The van der Waals surface area contributed by atoms with E-state index in [2.05, 4.69) is 60.5 Å². The van der Waals surface area contributed by atoms with Crippen molar-refractivity contribution in [2.24, 2.45) is 17.8 Å². The van der Waals surface area contributed by atoms with Crippen LogP contribution in [0.2, 0.25) is 0 Å². The summed E-state index contributed by atoms with van der Waals surface area (Å²) in [6.45, 7) is 4.38. The second-order valence-corrected chi connectivity index (χ2v) is 8.53. The number of fused-ring (bicyclic) bond motifs is 2. The van der Waals surface area contributed by atoms with Gasteiger partial charge in [-0.2, -0.15) is 0 Å². The Bertz CT molecular complexity index is 769. The maximum Gasteiger partial charge on any atom is 0.224 e. The molecule has 2 bridgehead atoms. The van der Waals surface area contributed by atoms with Gasteiger partial charge in [-0.15, -0.1) is 0 Å². The first-order chi connectivity index (χ1) is 13.1. The molecule has 0 aromatic heterocycles. The van der Waals surface area contributed by atoms with E-state index in [0.29, 0.717) is 18.4 Å². The van der Waals surface area contributed by atoms with Gasteiger partial charge in [0.1, 0.15) is 0 Å². The number of hydrogen-bond donors (Lipinski definition) is 1. The molecule has 2 aliphatic carbocycles. The smallest absolute Gasteiger partial charge is 0.224 e. The van der Waals surface area contributed by atoms with E-state index in [1.807, 2.05) is 18.2 Å². The SMILES string of the molecule is CC(C)N(c1ccccc1)c1ccc(NC(=O)C[C@H]2C[C@@H]3CC[C@H]2C3)cc1. The highest BCUT2D eigenvalue weighted by molar-refractivity contribution is 5.91. The van der Waals surface area contributed by atoms with Crippen molar-refractivity contribution >= 4 is 23.0 Å². The molecule has 0 radical (unpaired) electrons. The first-order valence-electron chi connectivity index (χ1n) is 10.3. The molecule has 2 fully saturated rings. The number of anilines is 3. The fourth-order valence-corrected chi connectivity index (χ4v) is 5.12. The van der Waals surface area contributed by atoms with Gasteiger partial charge in [0, 0.05) is 29.5 Å². The topological polar surface area (TPSA) is 32.3 Å². The molecule has 1 amide bonds. The molecule has 142 valence electrons. The van der Waals surface area contributed by atoms with Gasteiger partial charge in [-0.1, -0.05) is 24.6 Å². The fraction of sp³-hybridized carbons (Fsp3) is 0.458. The van der Waals surface area contributed by atoms with E-state index in [4.69, 9.17) is 0 Å². The third-order valence-electron chi connectivity index (χ3n) is 6.31. The van der Waals surface area contributed by atoms with Crippen LogP contribution in [0.3, 0.4) is 0 Å². The number of para-hydroxylation sites is 1. The standard InChI is InChI=1S/C24H30N2O/c1-17(2)26(22-6-4-3-5-7-22)23-12-10-21(11-13-23)25-24(27)16-20-15-18-8-9-19(20)14-18/h3-7,10-13,17-20H,8-9,14-16H2,1-2H3,(H,25,27)/t18-,19+,20-/m1/s1. The van der Waals surface area contributed by atoms with E-state index >= 15 is 0 Å². The Morgan fingerprint density at radius 3 is 2.30 bits per heavy atom. The van der Waals surface area contributed by atoms with Gasteiger partial charge >= 0.3 is 0 Å². The molecule has 3 atom stereocenters. The molecule has 3 nitrogen and oxygen atoms in total. The normalized spacial score (nSPS) is 23.6. The molecule has 3 heteroatoms. The monoisotopic (exact) mass is 362 g/mol. The molecule has 2 aromatic carbocycles. The number of nitrogens with zero attached hydrogens (tertiary/aromatic N) is 1. The Labute approximate surface area is 162 Å². The molecule has 4 rings (SSSR count). The van der Waals surface area contributed by atoms with Crippen LogP contribution in [0, 0.1) is 17.8 Å². The second-order valence-electron chi connectivity index (χ2n) is 8.53. The van der Waals surface area contributed by atoms with Crippen molar-refractivity contribution in [1.82, 2.24) is 0 Å². The zero-order valence-electron chi connectivity index (χ0n) is 16.4. The Morgan fingerprint density at radius 2 is 1.70 bits per heavy atom. The summed E-state index contributed by atoms with van der Waals surface area (Å²) in [5.41, 5.74) is 3.21. The third kappa shape index (κ3) is 4.02. The summed E-state index contributed by atoms with van der Waals surface area (Å²) in [5, 5.41) is 3.11. The van der Waals surface area contributed by atoms with E-state index in [1.165, 1.54) is 31.4 Å². The zero-order valence-corrected chi connectivity index (χ0v) is 16.4. The lowest BCUT2D eigenvalue weighted by atomic mass is 9.86. The maximum absolute atomic E-state index is 12.5. The van der Waals surface area contributed by atoms with Crippen molar-refractivity contribution in [3.05, 3.63) is 54.6 Å². The molecule has 2 aromatic rings. The van der Waals surface area contributed by atoms with Gasteiger partial charge in [-0.25, -0.2) is 0 Å². The van der Waals surface area contributed by atoms with E-state index < -0.39 is 0 Å². The lowest BCUT2D eigenvalue weighted by Crippen LogP contribution is -2.25. The van der Waals surface area contributed by atoms with Crippen molar-refractivity contribution in [2.75, 3.05) is 10.2 Å². The van der Waals surface area contributed by atoms with Crippen molar-refractivity contribution < 1.29 is 4.79 Å². The minimum atomic E-state index is 0.170. The Morgan fingerprint density at radius 1 is 1.00 bits per heavy atom. The van der Waals surface area contributed by atoms with Gasteiger partial charge in [-0.05, 0) is 87.3 Å². The molecule has 2 saturated carbocycles. The van der Waals surface area contributed by atoms with Crippen LogP contribution in [0.4, 0.5) is 17.1 Å². The summed E-state index contributed by atoms with van der Waals surface area (Å²) >= 11 is 0. The van der Waals surface area contributed by atoms with Crippen molar-refractivity contribution in [3.8, 4) is 0 Å². The minimum absolute atomic E-state index is 0.170. The van der Waals surface area contributed by atoms with E-state index in [1.54, 1.807) is 0 Å². The highest BCUT2D eigenvalue weighted by Crippen LogP contribution is 2.49. The van der Waals surface area contributed by atoms with Crippen LogP contribution in [0.25, 0.3) is 0 Å². The number of nitrogens with one attached hydrogen (secondary N) is 1. The van der Waals surface area contributed by atoms with Crippen LogP contribution in [0.1, 0.15) is 46.0 Å². The van der Waals surface area contributed by atoms with E-state index in [0.717, 1.165) is 23.2 Å². The van der Waals surface area contributed by atoms with Crippen LogP contribution in [-0.2, 0) is 4.79 Å². The Kier molecular flexibility index (Phi) is 5.20. The molecule has 27 heavy (non-hydrogen) atoms. The lowest BCUT2D eigenvalue weighted by molar-refractivity contribution is -0.117. The Balaban J connectivity index is 1.40. The number of benzene rings is 2. The fourth-order valence-electron chi connectivity index (χ4n) is 5.12. The average molecular weight is 363 g/mol. The van der Waals surface area contributed by atoms with Gasteiger partial charge in [0.05, 0.1) is 0 Å². The molecule has 2 aliphatic rings. The van der Waals surface area contributed by atoms with Crippen molar-refractivity contribution in [1.29, 1.82) is 0 Å². The second kappa shape index (κ2) is 7.75. The highest BCUT2D eigenvalue weighted by Gasteiger charge is 2.40. The van der Waals surface area contributed by atoms with Crippen molar-refractivity contribution in [3.63, 3.8) is 0 Å². The maximum atomic E-state index is 12.5. The zero-order chi connectivity index (χ0) is 18.8. The molecule has 0 heterocycles. The van der Waals surface area contributed by atoms with Crippen LogP contribution < -0.4 is 10.2 Å². The van der Waals surface area contributed by atoms with Crippen LogP contribution in [-0.4, -0.2) is 11.9 Å². The van der Waals surface area contributed by atoms with E-state index in [9.17, 15) is 4.79 Å². The summed E-state index contributed by atoms with van der Waals surface area (Å²) in [6, 6.07) is 19.0. The summed E-state index contributed by atoms with van der Waals surface area (Å²) in [7, 11) is 0. The first-order valence-corrected chi connectivity index (χ1v) is 10.3. The summed E-state index contributed by atoms with van der Waals surface area (Å²) in [4.78, 5) is 14.8. The molecular weight excluding hydrogens is 332 g/mol. The summed E-state index contributed by atoms with van der Waals surface area (Å²) in [6.07, 6.45) is 6.03. The minimum Gasteiger partial charge on any atom is -0.339 e. The highest BCUT2D eigenvalue weighted by atomic mass is 16.1. The number of amides is 1.